The molecule has 1 N–H and O–H groups in total. The van der Waals surface area contributed by atoms with Crippen LogP contribution in [0.4, 0.5) is 5.69 Å². The van der Waals surface area contributed by atoms with Crippen LogP contribution < -0.4 is 10.2 Å². The first-order valence-electron chi connectivity index (χ1n) is 7.60. The lowest BCUT2D eigenvalue weighted by Crippen LogP contribution is -2.49. The van der Waals surface area contributed by atoms with Crippen molar-refractivity contribution in [3.05, 3.63) is 28.2 Å². The number of halogens is 1. The molecule has 1 heterocycles. The Morgan fingerprint density at radius 1 is 1.20 bits per heavy atom. The second-order valence-electron chi connectivity index (χ2n) is 5.68. The Balaban J connectivity index is 1.99. The van der Waals surface area contributed by atoms with Gasteiger partial charge in [0.05, 0.1) is 5.69 Å². The fraction of sp³-hybridized carbons (Fsp3) is 0.625. The minimum atomic E-state index is 0.656. The Hall–Kier alpha value is -0.580. The molecule has 0 aliphatic carbocycles. The highest BCUT2D eigenvalue weighted by Crippen LogP contribution is 2.28. The first kappa shape index (κ1) is 15.8. The average molecular weight is 340 g/mol. The summed E-state index contributed by atoms with van der Waals surface area (Å²) in [5.41, 5.74) is 2.66. The fourth-order valence-electron chi connectivity index (χ4n) is 2.67. The Morgan fingerprint density at radius 3 is 2.45 bits per heavy atom. The smallest absolute Gasteiger partial charge is 0.0511 e. The standard InChI is InChI=1S/C16H26BrN3/c1-4-18-12-14-5-6-16(15(17)11-14)20-9-7-19(8-10-20)13(2)3/h5-6,11,13,18H,4,7-10,12H2,1-3H3. The quantitative estimate of drug-likeness (QED) is 0.889. The van der Waals surface area contributed by atoms with Gasteiger partial charge in [-0.15, -0.1) is 0 Å². The number of rotatable bonds is 5. The maximum absolute atomic E-state index is 3.74. The molecule has 112 valence electrons. The second kappa shape index (κ2) is 7.43. The summed E-state index contributed by atoms with van der Waals surface area (Å²) < 4.78 is 1.21. The molecular weight excluding hydrogens is 314 g/mol. The van der Waals surface area contributed by atoms with Crippen LogP contribution in [0.1, 0.15) is 26.3 Å². The summed E-state index contributed by atoms with van der Waals surface area (Å²) in [4.78, 5) is 5.03. The SMILES string of the molecule is CCNCc1ccc(N2CCN(C(C)C)CC2)c(Br)c1. The molecule has 1 aromatic rings. The topological polar surface area (TPSA) is 18.5 Å². The molecule has 0 saturated carbocycles. The molecular formula is C16H26BrN3. The molecule has 2 rings (SSSR count). The predicted octanol–water partition coefficient (Wildman–Crippen LogP) is 3.09. The minimum Gasteiger partial charge on any atom is -0.368 e. The molecule has 0 spiro atoms. The van der Waals surface area contributed by atoms with Crippen LogP contribution in [0, 0.1) is 0 Å². The third-order valence-corrected chi connectivity index (χ3v) is 4.61. The number of nitrogens with one attached hydrogen (secondary N) is 1. The van der Waals surface area contributed by atoms with Crippen molar-refractivity contribution >= 4 is 21.6 Å². The van der Waals surface area contributed by atoms with Crippen LogP contribution in [0.25, 0.3) is 0 Å². The number of nitrogens with zero attached hydrogens (tertiary/aromatic N) is 2. The predicted molar refractivity (Wildman–Crippen MR) is 90.4 cm³/mol. The fourth-order valence-corrected chi connectivity index (χ4v) is 3.34. The molecule has 0 aromatic heterocycles. The van der Waals surface area contributed by atoms with Crippen LogP contribution in [0.3, 0.4) is 0 Å². The molecule has 0 amide bonds. The molecule has 0 bridgehead atoms. The van der Waals surface area contributed by atoms with E-state index in [2.05, 4.69) is 70.0 Å². The molecule has 20 heavy (non-hydrogen) atoms. The van der Waals surface area contributed by atoms with Gasteiger partial charge in [-0.3, -0.25) is 4.90 Å². The van der Waals surface area contributed by atoms with Gasteiger partial charge in [-0.1, -0.05) is 13.0 Å². The highest BCUT2D eigenvalue weighted by molar-refractivity contribution is 9.10. The number of benzene rings is 1. The third kappa shape index (κ3) is 3.96. The third-order valence-electron chi connectivity index (χ3n) is 3.98. The average Bonchev–Trinajstić information content (AvgIpc) is 2.45. The van der Waals surface area contributed by atoms with Gasteiger partial charge in [0, 0.05) is 43.2 Å². The van der Waals surface area contributed by atoms with Gasteiger partial charge < -0.3 is 10.2 Å². The molecule has 4 heteroatoms. The van der Waals surface area contributed by atoms with Crippen LogP contribution in [0.15, 0.2) is 22.7 Å². The Kier molecular flexibility index (Phi) is 5.87. The normalized spacial score (nSPS) is 16.9. The number of anilines is 1. The lowest BCUT2D eigenvalue weighted by Gasteiger charge is -2.38. The summed E-state index contributed by atoms with van der Waals surface area (Å²) in [5, 5.41) is 3.37. The van der Waals surface area contributed by atoms with Gasteiger partial charge in [0.2, 0.25) is 0 Å². The number of hydrogen-bond donors (Lipinski definition) is 1. The van der Waals surface area contributed by atoms with Crippen molar-refractivity contribution in [1.29, 1.82) is 0 Å². The summed E-state index contributed by atoms with van der Waals surface area (Å²) in [6.45, 7) is 13.2. The summed E-state index contributed by atoms with van der Waals surface area (Å²) in [6, 6.07) is 7.38. The summed E-state index contributed by atoms with van der Waals surface area (Å²) >= 11 is 3.74. The van der Waals surface area contributed by atoms with E-state index in [0.717, 1.165) is 39.3 Å². The van der Waals surface area contributed by atoms with Crippen molar-refractivity contribution in [3.8, 4) is 0 Å². The molecule has 0 unspecified atom stereocenters. The van der Waals surface area contributed by atoms with Crippen LogP contribution in [-0.2, 0) is 6.54 Å². The largest absolute Gasteiger partial charge is 0.368 e. The van der Waals surface area contributed by atoms with Crippen molar-refractivity contribution in [2.45, 2.75) is 33.4 Å². The second-order valence-corrected chi connectivity index (χ2v) is 6.54. The lowest BCUT2D eigenvalue weighted by molar-refractivity contribution is 0.209. The van der Waals surface area contributed by atoms with E-state index in [1.54, 1.807) is 0 Å². The van der Waals surface area contributed by atoms with E-state index in [1.165, 1.54) is 15.7 Å². The molecule has 1 fully saturated rings. The maximum atomic E-state index is 3.74. The molecule has 1 aromatic carbocycles. The molecule has 3 nitrogen and oxygen atoms in total. The van der Waals surface area contributed by atoms with Crippen molar-refractivity contribution in [2.75, 3.05) is 37.6 Å². The van der Waals surface area contributed by atoms with Crippen LogP contribution >= 0.6 is 15.9 Å². The van der Waals surface area contributed by atoms with E-state index in [4.69, 9.17) is 0 Å². The van der Waals surface area contributed by atoms with Crippen LogP contribution in [0.2, 0.25) is 0 Å². The zero-order valence-electron chi connectivity index (χ0n) is 12.8. The lowest BCUT2D eigenvalue weighted by atomic mass is 10.1. The zero-order chi connectivity index (χ0) is 14.5. The summed E-state index contributed by atoms with van der Waals surface area (Å²) in [7, 11) is 0. The first-order chi connectivity index (χ1) is 9.61. The van der Waals surface area contributed by atoms with Gasteiger partial charge in [0.15, 0.2) is 0 Å². The molecule has 0 atom stereocenters. The van der Waals surface area contributed by atoms with Gasteiger partial charge >= 0.3 is 0 Å². The molecule has 1 saturated heterocycles. The summed E-state index contributed by atoms with van der Waals surface area (Å²) in [6.07, 6.45) is 0. The van der Waals surface area contributed by atoms with Gasteiger partial charge in [0.25, 0.3) is 0 Å². The maximum Gasteiger partial charge on any atom is 0.0511 e. The van der Waals surface area contributed by atoms with Crippen molar-refractivity contribution in [2.24, 2.45) is 0 Å². The molecule has 1 aliphatic rings. The molecule has 0 radical (unpaired) electrons. The van der Waals surface area contributed by atoms with E-state index in [-0.39, 0.29) is 0 Å². The van der Waals surface area contributed by atoms with E-state index < -0.39 is 0 Å². The van der Waals surface area contributed by atoms with Crippen molar-refractivity contribution < 1.29 is 0 Å². The van der Waals surface area contributed by atoms with E-state index in [9.17, 15) is 0 Å². The highest BCUT2D eigenvalue weighted by atomic mass is 79.9. The van der Waals surface area contributed by atoms with E-state index in [0.29, 0.717) is 6.04 Å². The van der Waals surface area contributed by atoms with Crippen molar-refractivity contribution in [3.63, 3.8) is 0 Å². The van der Waals surface area contributed by atoms with Gasteiger partial charge in [0.1, 0.15) is 0 Å². The zero-order valence-corrected chi connectivity index (χ0v) is 14.4. The first-order valence-corrected chi connectivity index (χ1v) is 8.39. The Labute approximate surface area is 131 Å². The Morgan fingerprint density at radius 2 is 1.90 bits per heavy atom. The molecule has 1 aliphatic heterocycles. The minimum absolute atomic E-state index is 0.656. The van der Waals surface area contributed by atoms with Gasteiger partial charge in [-0.2, -0.15) is 0 Å². The van der Waals surface area contributed by atoms with Crippen LogP contribution in [-0.4, -0.2) is 43.7 Å². The van der Waals surface area contributed by atoms with E-state index >= 15 is 0 Å². The Bertz CT molecular complexity index is 426. The highest BCUT2D eigenvalue weighted by Gasteiger charge is 2.20. The monoisotopic (exact) mass is 339 g/mol. The number of hydrogen-bond acceptors (Lipinski definition) is 3. The van der Waals surface area contributed by atoms with E-state index in [1.807, 2.05) is 0 Å². The number of piperazine rings is 1. The van der Waals surface area contributed by atoms with Gasteiger partial charge in [-0.05, 0) is 54.0 Å². The summed E-state index contributed by atoms with van der Waals surface area (Å²) in [5.74, 6) is 0. The van der Waals surface area contributed by atoms with Crippen LogP contribution in [0.5, 0.6) is 0 Å². The van der Waals surface area contributed by atoms with Gasteiger partial charge in [-0.25, -0.2) is 0 Å². The van der Waals surface area contributed by atoms with Crippen molar-refractivity contribution in [1.82, 2.24) is 10.2 Å².